The molecule has 0 aromatic rings. The van der Waals surface area contributed by atoms with Crippen LogP contribution in [0.1, 0.15) is 65.2 Å². The molecule has 2 heteroatoms. The molecule has 1 saturated carbocycles. The van der Waals surface area contributed by atoms with Crippen LogP contribution in [0.2, 0.25) is 0 Å². The fraction of sp³-hybridized carbons (Fsp3) is 1.00. The van der Waals surface area contributed by atoms with E-state index < -0.39 is 0 Å². The van der Waals surface area contributed by atoms with Crippen LogP contribution in [0.3, 0.4) is 0 Å². The topological polar surface area (TPSA) is 15.3 Å². The molecular formula is C16H34N2. The first-order valence-electron chi connectivity index (χ1n) is 8.13. The summed E-state index contributed by atoms with van der Waals surface area (Å²) in [4.78, 5) is 2.71. The van der Waals surface area contributed by atoms with Crippen LogP contribution in [0, 0.1) is 5.41 Å². The van der Waals surface area contributed by atoms with Gasteiger partial charge in [-0.2, -0.15) is 0 Å². The molecule has 1 aliphatic carbocycles. The van der Waals surface area contributed by atoms with E-state index in [4.69, 9.17) is 0 Å². The molecule has 0 bridgehead atoms. The molecule has 2 nitrogen and oxygen atoms in total. The van der Waals surface area contributed by atoms with Crippen molar-refractivity contribution in [2.75, 3.05) is 33.2 Å². The van der Waals surface area contributed by atoms with Gasteiger partial charge >= 0.3 is 0 Å². The van der Waals surface area contributed by atoms with Crippen LogP contribution in [0.4, 0.5) is 0 Å². The van der Waals surface area contributed by atoms with Gasteiger partial charge in [-0.25, -0.2) is 0 Å². The molecule has 0 atom stereocenters. The zero-order valence-electron chi connectivity index (χ0n) is 12.9. The summed E-state index contributed by atoms with van der Waals surface area (Å²) in [7, 11) is 2.12. The average Bonchev–Trinajstić information content (AvgIpc) is 2.56. The van der Waals surface area contributed by atoms with Crippen molar-refractivity contribution in [3.05, 3.63) is 0 Å². The smallest absolute Gasteiger partial charge is 0.00501 e. The molecule has 1 aliphatic rings. The molecule has 1 rings (SSSR count). The van der Waals surface area contributed by atoms with Gasteiger partial charge in [-0.3, -0.25) is 0 Å². The van der Waals surface area contributed by atoms with E-state index in [9.17, 15) is 0 Å². The predicted molar refractivity (Wildman–Crippen MR) is 81.1 cm³/mol. The minimum absolute atomic E-state index is 0.551. The Balaban J connectivity index is 2.62. The second kappa shape index (κ2) is 8.92. The van der Waals surface area contributed by atoms with Crippen LogP contribution in [-0.4, -0.2) is 38.1 Å². The molecular weight excluding hydrogens is 220 g/mol. The van der Waals surface area contributed by atoms with Gasteiger partial charge in [-0.05, 0) is 51.2 Å². The van der Waals surface area contributed by atoms with E-state index in [1.807, 2.05) is 0 Å². The summed E-state index contributed by atoms with van der Waals surface area (Å²) in [6.07, 6.45) is 11.2. The molecule has 0 heterocycles. The first-order chi connectivity index (χ1) is 8.76. The lowest BCUT2D eigenvalue weighted by molar-refractivity contribution is 0.128. The van der Waals surface area contributed by atoms with Gasteiger partial charge in [0.25, 0.3) is 0 Å². The van der Waals surface area contributed by atoms with Crippen LogP contribution in [-0.2, 0) is 0 Å². The van der Waals surface area contributed by atoms with E-state index in [-0.39, 0.29) is 0 Å². The highest BCUT2D eigenvalue weighted by Gasteiger charge is 2.31. The molecule has 0 spiro atoms. The Labute approximate surface area is 115 Å². The first-order valence-corrected chi connectivity index (χ1v) is 8.13. The lowest BCUT2D eigenvalue weighted by atomic mass is 9.79. The molecule has 0 aliphatic heterocycles. The summed E-state index contributed by atoms with van der Waals surface area (Å²) >= 11 is 0. The monoisotopic (exact) mass is 254 g/mol. The summed E-state index contributed by atoms with van der Waals surface area (Å²) in [6.45, 7) is 9.69. The molecule has 0 aromatic heterocycles. The molecule has 1 fully saturated rings. The lowest BCUT2D eigenvalue weighted by Gasteiger charge is -2.38. The Kier molecular flexibility index (Phi) is 7.92. The van der Waals surface area contributed by atoms with Gasteiger partial charge in [-0.1, -0.05) is 39.5 Å². The van der Waals surface area contributed by atoms with Crippen LogP contribution in [0.25, 0.3) is 0 Å². The molecule has 108 valence electrons. The maximum Gasteiger partial charge on any atom is 0.00501 e. The Morgan fingerprint density at radius 3 is 1.94 bits per heavy atom. The van der Waals surface area contributed by atoms with Crippen molar-refractivity contribution in [3.63, 3.8) is 0 Å². The number of rotatable bonds is 8. The molecule has 0 aromatic carbocycles. The third kappa shape index (κ3) is 5.27. The molecule has 0 saturated heterocycles. The normalized spacial score (nSPS) is 20.0. The zero-order chi connectivity index (χ0) is 13.3. The molecule has 0 unspecified atom stereocenters. The Hall–Kier alpha value is -0.0800. The van der Waals surface area contributed by atoms with E-state index in [0.29, 0.717) is 5.41 Å². The molecule has 0 amide bonds. The fourth-order valence-corrected chi connectivity index (χ4v) is 3.62. The van der Waals surface area contributed by atoms with Gasteiger partial charge < -0.3 is 10.2 Å². The van der Waals surface area contributed by atoms with Gasteiger partial charge in [0.15, 0.2) is 0 Å². The van der Waals surface area contributed by atoms with E-state index in [0.717, 1.165) is 0 Å². The second-order valence-corrected chi connectivity index (χ2v) is 6.22. The van der Waals surface area contributed by atoms with Gasteiger partial charge in [-0.15, -0.1) is 0 Å². The highest BCUT2D eigenvalue weighted by Crippen LogP contribution is 2.35. The number of hydrogen-bond donors (Lipinski definition) is 1. The van der Waals surface area contributed by atoms with E-state index >= 15 is 0 Å². The lowest BCUT2D eigenvalue weighted by Crippen LogP contribution is -2.44. The number of hydrogen-bond acceptors (Lipinski definition) is 2. The SMILES string of the molecule is CCCN(CCC)CC1(CNC)CCCCCC1. The Morgan fingerprint density at radius 2 is 1.50 bits per heavy atom. The van der Waals surface area contributed by atoms with Crippen molar-refractivity contribution in [1.82, 2.24) is 10.2 Å². The third-order valence-electron chi connectivity index (χ3n) is 4.35. The number of nitrogens with zero attached hydrogens (tertiary/aromatic N) is 1. The first kappa shape index (κ1) is 16.0. The summed E-state index contributed by atoms with van der Waals surface area (Å²) in [6, 6.07) is 0. The summed E-state index contributed by atoms with van der Waals surface area (Å²) in [5, 5.41) is 3.47. The largest absolute Gasteiger partial charge is 0.319 e. The van der Waals surface area contributed by atoms with E-state index in [1.54, 1.807) is 0 Å². The van der Waals surface area contributed by atoms with Gasteiger partial charge in [0, 0.05) is 13.1 Å². The second-order valence-electron chi connectivity index (χ2n) is 6.22. The van der Waals surface area contributed by atoms with E-state index in [1.165, 1.54) is 77.5 Å². The third-order valence-corrected chi connectivity index (χ3v) is 4.35. The maximum absolute atomic E-state index is 3.47. The maximum atomic E-state index is 3.47. The summed E-state index contributed by atoms with van der Waals surface area (Å²) in [5.41, 5.74) is 0.551. The molecule has 18 heavy (non-hydrogen) atoms. The van der Waals surface area contributed by atoms with Gasteiger partial charge in [0.05, 0.1) is 0 Å². The standard InChI is InChI=1S/C16H34N2/c1-4-12-18(13-5-2)15-16(14-17-3)10-8-6-7-9-11-16/h17H,4-15H2,1-3H3. The average molecular weight is 254 g/mol. The van der Waals surface area contributed by atoms with Crippen LogP contribution in [0.15, 0.2) is 0 Å². The zero-order valence-corrected chi connectivity index (χ0v) is 12.9. The van der Waals surface area contributed by atoms with Crippen molar-refractivity contribution in [2.45, 2.75) is 65.2 Å². The van der Waals surface area contributed by atoms with Gasteiger partial charge in [0.1, 0.15) is 0 Å². The molecule has 0 radical (unpaired) electrons. The van der Waals surface area contributed by atoms with Crippen molar-refractivity contribution >= 4 is 0 Å². The predicted octanol–water partition coefficient (Wildman–Crippen LogP) is 3.67. The Morgan fingerprint density at radius 1 is 0.944 bits per heavy atom. The minimum atomic E-state index is 0.551. The molecule has 1 N–H and O–H groups in total. The van der Waals surface area contributed by atoms with Crippen LogP contribution in [0.5, 0.6) is 0 Å². The van der Waals surface area contributed by atoms with Crippen molar-refractivity contribution in [1.29, 1.82) is 0 Å². The minimum Gasteiger partial charge on any atom is -0.319 e. The fourth-order valence-electron chi connectivity index (χ4n) is 3.62. The van der Waals surface area contributed by atoms with Crippen molar-refractivity contribution < 1.29 is 0 Å². The highest BCUT2D eigenvalue weighted by molar-refractivity contribution is 4.86. The van der Waals surface area contributed by atoms with Crippen LogP contribution < -0.4 is 5.32 Å². The number of nitrogens with one attached hydrogen (secondary N) is 1. The summed E-state index contributed by atoms with van der Waals surface area (Å²) < 4.78 is 0. The van der Waals surface area contributed by atoms with E-state index in [2.05, 4.69) is 31.1 Å². The quantitative estimate of drug-likeness (QED) is 0.665. The van der Waals surface area contributed by atoms with Gasteiger partial charge in [0.2, 0.25) is 0 Å². The Bertz CT molecular complexity index is 189. The summed E-state index contributed by atoms with van der Waals surface area (Å²) in [5.74, 6) is 0. The van der Waals surface area contributed by atoms with Crippen molar-refractivity contribution in [2.24, 2.45) is 5.41 Å². The highest BCUT2D eigenvalue weighted by atomic mass is 15.1. The van der Waals surface area contributed by atoms with Crippen LogP contribution >= 0.6 is 0 Å². The van der Waals surface area contributed by atoms with Crippen molar-refractivity contribution in [3.8, 4) is 0 Å².